The molecule has 0 bridgehead atoms. The standard InChI is InChI=1S/C16H21ClN4O2/c1-11(2)20(7-8-22)16(23)18-15-9-12(3)21(19-15)14-6-4-5-13(17)10-14/h4-6,9-11,22H,7-8H2,1-3H3,(H,18,19,23). The Morgan fingerprint density at radius 1 is 1.43 bits per heavy atom. The maximum absolute atomic E-state index is 12.3. The number of aliphatic hydroxyl groups excluding tert-OH is 1. The van der Waals surface area contributed by atoms with Gasteiger partial charge in [-0.15, -0.1) is 5.10 Å². The van der Waals surface area contributed by atoms with E-state index in [0.717, 1.165) is 11.4 Å². The molecule has 0 aliphatic heterocycles. The van der Waals surface area contributed by atoms with Gasteiger partial charge in [0, 0.05) is 29.4 Å². The second-order valence-electron chi connectivity index (χ2n) is 5.50. The van der Waals surface area contributed by atoms with Gasteiger partial charge in [0.25, 0.3) is 0 Å². The van der Waals surface area contributed by atoms with Gasteiger partial charge in [-0.3, -0.25) is 5.32 Å². The summed E-state index contributed by atoms with van der Waals surface area (Å²) < 4.78 is 1.72. The second kappa shape index (κ2) is 7.48. The van der Waals surface area contributed by atoms with E-state index in [9.17, 15) is 4.79 Å². The Morgan fingerprint density at radius 3 is 2.78 bits per heavy atom. The third-order valence-electron chi connectivity index (χ3n) is 3.40. The number of hydrogen-bond donors (Lipinski definition) is 2. The Bertz CT molecular complexity index is 684. The third kappa shape index (κ3) is 4.24. The molecule has 2 rings (SSSR count). The summed E-state index contributed by atoms with van der Waals surface area (Å²) in [5, 5.41) is 16.9. The van der Waals surface area contributed by atoms with Crippen LogP contribution in [0.1, 0.15) is 19.5 Å². The van der Waals surface area contributed by atoms with Crippen LogP contribution in [0.15, 0.2) is 30.3 Å². The van der Waals surface area contributed by atoms with Crippen LogP contribution in [0.5, 0.6) is 0 Å². The van der Waals surface area contributed by atoms with Gasteiger partial charge in [0.1, 0.15) is 0 Å². The van der Waals surface area contributed by atoms with Crippen LogP contribution in [0.25, 0.3) is 5.69 Å². The lowest BCUT2D eigenvalue weighted by Gasteiger charge is -2.25. The first-order valence-electron chi connectivity index (χ1n) is 7.43. The number of nitrogens with one attached hydrogen (secondary N) is 1. The molecule has 1 aromatic heterocycles. The van der Waals surface area contributed by atoms with Gasteiger partial charge in [0.05, 0.1) is 12.3 Å². The van der Waals surface area contributed by atoms with Crippen molar-refractivity contribution in [2.24, 2.45) is 0 Å². The van der Waals surface area contributed by atoms with Crippen LogP contribution in [0.4, 0.5) is 10.6 Å². The minimum atomic E-state index is -0.287. The molecule has 2 N–H and O–H groups in total. The number of urea groups is 1. The van der Waals surface area contributed by atoms with Gasteiger partial charge in [-0.05, 0) is 39.0 Å². The lowest BCUT2D eigenvalue weighted by atomic mass is 10.3. The van der Waals surface area contributed by atoms with Gasteiger partial charge in [0.15, 0.2) is 5.82 Å². The summed E-state index contributed by atoms with van der Waals surface area (Å²) in [6.07, 6.45) is 0. The normalized spacial score (nSPS) is 10.9. The average Bonchev–Trinajstić information content (AvgIpc) is 2.84. The molecule has 124 valence electrons. The molecule has 1 heterocycles. The van der Waals surface area contributed by atoms with Gasteiger partial charge in [-0.25, -0.2) is 9.48 Å². The zero-order valence-corrected chi connectivity index (χ0v) is 14.2. The number of aliphatic hydroxyl groups is 1. The Kier molecular flexibility index (Phi) is 5.63. The van der Waals surface area contributed by atoms with Crippen LogP contribution in [-0.2, 0) is 0 Å². The summed E-state index contributed by atoms with van der Waals surface area (Å²) in [5.41, 5.74) is 1.70. The Hall–Kier alpha value is -2.05. The molecule has 0 aliphatic rings. The van der Waals surface area contributed by atoms with E-state index in [1.165, 1.54) is 0 Å². The highest BCUT2D eigenvalue weighted by atomic mass is 35.5. The molecule has 1 aromatic carbocycles. The molecule has 23 heavy (non-hydrogen) atoms. The van der Waals surface area contributed by atoms with Crippen LogP contribution in [0.2, 0.25) is 5.02 Å². The number of amides is 2. The smallest absolute Gasteiger partial charge is 0.323 e. The zero-order valence-electron chi connectivity index (χ0n) is 13.5. The monoisotopic (exact) mass is 336 g/mol. The molecule has 0 atom stereocenters. The molecule has 0 radical (unpaired) electrons. The molecule has 0 aliphatic carbocycles. The first-order chi connectivity index (χ1) is 10.9. The van der Waals surface area contributed by atoms with Gasteiger partial charge in [-0.2, -0.15) is 0 Å². The highest BCUT2D eigenvalue weighted by molar-refractivity contribution is 6.30. The maximum atomic E-state index is 12.3. The number of rotatable bonds is 5. The van der Waals surface area contributed by atoms with Crippen molar-refractivity contribution in [2.45, 2.75) is 26.8 Å². The van der Waals surface area contributed by atoms with Crippen molar-refractivity contribution in [3.63, 3.8) is 0 Å². The number of anilines is 1. The topological polar surface area (TPSA) is 70.4 Å². The van der Waals surface area contributed by atoms with Gasteiger partial charge in [0.2, 0.25) is 0 Å². The number of halogens is 1. The summed E-state index contributed by atoms with van der Waals surface area (Å²) in [6, 6.07) is 8.82. The fourth-order valence-corrected chi connectivity index (χ4v) is 2.47. The van der Waals surface area contributed by atoms with Crippen molar-refractivity contribution in [3.05, 3.63) is 41.0 Å². The van der Waals surface area contributed by atoms with Crippen molar-refractivity contribution < 1.29 is 9.90 Å². The molecule has 0 fully saturated rings. The molecule has 0 spiro atoms. The Labute approximate surface area is 140 Å². The number of hydrogen-bond acceptors (Lipinski definition) is 3. The first kappa shape index (κ1) is 17.3. The minimum absolute atomic E-state index is 0.0155. The maximum Gasteiger partial charge on any atom is 0.323 e. The quantitative estimate of drug-likeness (QED) is 0.881. The zero-order chi connectivity index (χ0) is 17.0. The van der Waals surface area contributed by atoms with Crippen LogP contribution >= 0.6 is 11.6 Å². The molecular formula is C16H21ClN4O2. The number of aromatic nitrogens is 2. The van der Waals surface area contributed by atoms with E-state index in [-0.39, 0.29) is 25.2 Å². The van der Waals surface area contributed by atoms with Crippen molar-refractivity contribution in [2.75, 3.05) is 18.5 Å². The van der Waals surface area contributed by atoms with E-state index >= 15 is 0 Å². The predicted octanol–water partition coefficient (Wildman–Crippen LogP) is 3.07. The summed E-state index contributed by atoms with van der Waals surface area (Å²) in [6.45, 7) is 5.88. The third-order valence-corrected chi connectivity index (χ3v) is 3.64. The van der Waals surface area contributed by atoms with Crippen LogP contribution in [0, 0.1) is 6.92 Å². The minimum Gasteiger partial charge on any atom is -0.395 e. The molecule has 0 saturated heterocycles. The molecule has 6 nitrogen and oxygen atoms in total. The van der Waals surface area contributed by atoms with Crippen LogP contribution < -0.4 is 5.32 Å². The summed E-state index contributed by atoms with van der Waals surface area (Å²) >= 11 is 6.01. The van der Waals surface area contributed by atoms with Crippen molar-refractivity contribution in [1.82, 2.24) is 14.7 Å². The molecule has 7 heteroatoms. The second-order valence-corrected chi connectivity index (χ2v) is 5.94. The fraction of sp³-hybridized carbons (Fsp3) is 0.375. The summed E-state index contributed by atoms with van der Waals surface area (Å²) in [4.78, 5) is 13.8. The van der Waals surface area contributed by atoms with Crippen molar-refractivity contribution >= 4 is 23.4 Å². The van der Waals surface area contributed by atoms with Gasteiger partial charge >= 0.3 is 6.03 Å². The number of carbonyl (C=O) groups is 1. The predicted molar refractivity (Wildman–Crippen MR) is 91.3 cm³/mol. The lowest BCUT2D eigenvalue weighted by Crippen LogP contribution is -2.41. The fourth-order valence-electron chi connectivity index (χ4n) is 2.29. The summed E-state index contributed by atoms with van der Waals surface area (Å²) in [7, 11) is 0. The molecule has 2 aromatic rings. The van der Waals surface area contributed by atoms with Crippen molar-refractivity contribution in [3.8, 4) is 5.69 Å². The van der Waals surface area contributed by atoms with Crippen LogP contribution in [0.3, 0.4) is 0 Å². The number of aryl methyl sites for hydroxylation is 1. The van der Waals surface area contributed by atoms with Crippen molar-refractivity contribution in [1.29, 1.82) is 0 Å². The van der Waals surface area contributed by atoms with E-state index < -0.39 is 0 Å². The van der Waals surface area contributed by atoms with E-state index in [0.29, 0.717) is 10.8 Å². The number of nitrogens with zero attached hydrogens (tertiary/aromatic N) is 3. The Morgan fingerprint density at radius 2 is 2.17 bits per heavy atom. The van der Waals surface area contributed by atoms with Gasteiger partial charge < -0.3 is 10.0 Å². The van der Waals surface area contributed by atoms with E-state index in [4.69, 9.17) is 16.7 Å². The SMILES string of the molecule is Cc1cc(NC(=O)N(CCO)C(C)C)nn1-c1cccc(Cl)c1. The first-order valence-corrected chi connectivity index (χ1v) is 7.81. The van der Waals surface area contributed by atoms with E-state index in [1.807, 2.05) is 32.9 Å². The number of carbonyl (C=O) groups excluding carboxylic acids is 1. The summed E-state index contributed by atoms with van der Waals surface area (Å²) in [5.74, 6) is 0.455. The average molecular weight is 337 g/mol. The number of benzene rings is 1. The highest BCUT2D eigenvalue weighted by Gasteiger charge is 2.18. The van der Waals surface area contributed by atoms with E-state index in [1.54, 1.807) is 27.8 Å². The Balaban J connectivity index is 2.19. The van der Waals surface area contributed by atoms with Crippen LogP contribution in [-0.4, -0.2) is 45.0 Å². The molecule has 2 amide bonds. The largest absolute Gasteiger partial charge is 0.395 e. The van der Waals surface area contributed by atoms with E-state index in [2.05, 4.69) is 10.4 Å². The lowest BCUT2D eigenvalue weighted by molar-refractivity contribution is 0.172. The van der Waals surface area contributed by atoms with Gasteiger partial charge in [-0.1, -0.05) is 17.7 Å². The molecule has 0 saturated carbocycles. The highest BCUT2D eigenvalue weighted by Crippen LogP contribution is 2.18. The molecular weight excluding hydrogens is 316 g/mol. The molecule has 0 unspecified atom stereocenters.